The van der Waals surface area contributed by atoms with Gasteiger partial charge in [0.15, 0.2) is 5.78 Å². The third-order valence-electron chi connectivity index (χ3n) is 3.06. The smallest absolute Gasteiger partial charge is 0.224 e. The molecule has 22 heavy (non-hydrogen) atoms. The molecule has 1 heterocycles. The lowest BCUT2D eigenvalue weighted by atomic mass is 10.1. The molecule has 0 amide bonds. The SMILES string of the molecule is CC(=O)c1cccc(Nc2cc(C)nc(NCC(C)C)n2)c1. The van der Waals surface area contributed by atoms with Gasteiger partial charge in [0.1, 0.15) is 5.82 Å². The van der Waals surface area contributed by atoms with Crippen LogP contribution in [-0.4, -0.2) is 22.3 Å². The molecule has 5 heteroatoms. The van der Waals surface area contributed by atoms with E-state index in [1.54, 1.807) is 13.0 Å². The fourth-order valence-corrected chi connectivity index (χ4v) is 1.97. The van der Waals surface area contributed by atoms with Crippen LogP contribution in [0.4, 0.5) is 17.5 Å². The van der Waals surface area contributed by atoms with Crippen molar-refractivity contribution in [2.75, 3.05) is 17.2 Å². The maximum absolute atomic E-state index is 11.4. The number of nitrogens with zero attached hydrogens (tertiary/aromatic N) is 2. The second-order valence-corrected chi connectivity index (χ2v) is 5.75. The standard InChI is InChI=1S/C17H22N4O/c1-11(2)10-18-17-19-12(3)8-16(21-17)20-15-7-5-6-14(9-15)13(4)22/h5-9,11H,10H2,1-4H3,(H2,18,19,20,21). The van der Waals surface area contributed by atoms with E-state index < -0.39 is 0 Å². The number of anilines is 3. The second kappa shape index (κ2) is 7.02. The highest BCUT2D eigenvalue weighted by atomic mass is 16.1. The van der Waals surface area contributed by atoms with E-state index in [1.165, 1.54) is 0 Å². The molecule has 1 aromatic carbocycles. The number of aromatic nitrogens is 2. The molecule has 0 spiro atoms. The maximum Gasteiger partial charge on any atom is 0.224 e. The fourth-order valence-electron chi connectivity index (χ4n) is 1.97. The molecule has 5 nitrogen and oxygen atoms in total. The van der Waals surface area contributed by atoms with E-state index in [0.717, 1.165) is 17.9 Å². The Morgan fingerprint density at radius 3 is 2.68 bits per heavy atom. The van der Waals surface area contributed by atoms with Gasteiger partial charge < -0.3 is 10.6 Å². The predicted octanol–water partition coefficient (Wildman–Crippen LogP) is 3.80. The summed E-state index contributed by atoms with van der Waals surface area (Å²) in [5, 5.41) is 6.45. The topological polar surface area (TPSA) is 66.9 Å². The molecule has 2 N–H and O–H groups in total. The number of carbonyl (C=O) groups excluding carboxylic acids is 1. The molecule has 0 radical (unpaired) electrons. The number of rotatable bonds is 6. The third-order valence-corrected chi connectivity index (χ3v) is 3.06. The van der Waals surface area contributed by atoms with Gasteiger partial charge >= 0.3 is 0 Å². The number of carbonyl (C=O) groups is 1. The lowest BCUT2D eigenvalue weighted by Crippen LogP contribution is -2.11. The first-order valence-corrected chi connectivity index (χ1v) is 7.41. The minimum atomic E-state index is 0.0433. The summed E-state index contributed by atoms with van der Waals surface area (Å²) in [6, 6.07) is 9.26. The van der Waals surface area contributed by atoms with Crippen LogP contribution >= 0.6 is 0 Å². The Bertz CT molecular complexity index is 667. The van der Waals surface area contributed by atoms with E-state index in [-0.39, 0.29) is 5.78 Å². The van der Waals surface area contributed by atoms with Crippen LogP contribution in [0.3, 0.4) is 0 Å². The van der Waals surface area contributed by atoms with Gasteiger partial charge in [-0.15, -0.1) is 0 Å². The molecule has 2 rings (SSSR count). The van der Waals surface area contributed by atoms with Crippen LogP contribution in [0.25, 0.3) is 0 Å². The molecular weight excluding hydrogens is 276 g/mol. The second-order valence-electron chi connectivity index (χ2n) is 5.75. The molecule has 116 valence electrons. The van der Waals surface area contributed by atoms with E-state index >= 15 is 0 Å². The minimum absolute atomic E-state index is 0.0433. The Labute approximate surface area is 131 Å². The summed E-state index contributed by atoms with van der Waals surface area (Å²) in [5.41, 5.74) is 2.39. The predicted molar refractivity (Wildman–Crippen MR) is 89.8 cm³/mol. The molecule has 2 aromatic rings. The van der Waals surface area contributed by atoms with Crippen molar-refractivity contribution >= 4 is 23.2 Å². The number of ketones is 1. The van der Waals surface area contributed by atoms with Crippen molar-refractivity contribution in [3.8, 4) is 0 Å². The van der Waals surface area contributed by atoms with Crippen molar-refractivity contribution in [1.82, 2.24) is 9.97 Å². The average molecular weight is 298 g/mol. The van der Waals surface area contributed by atoms with E-state index in [0.29, 0.717) is 23.2 Å². The number of aryl methyl sites for hydroxylation is 1. The van der Waals surface area contributed by atoms with Gasteiger partial charge in [-0.25, -0.2) is 4.98 Å². The molecule has 0 aliphatic rings. The summed E-state index contributed by atoms with van der Waals surface area (Å²) in [6.45, 7) is 8.58. The van der Waals surface area contributed by atoms with Crippen molar-refractivity contribution in [3.63, 3.8) is 0 Å². The quantitative estimate of drug-likeness (QED) is 0.794. The summed E-state index contributed by atoms with van der Waals surface area (Å²) in [4.78, 5) is 20.3. The van der Waals surface area contributed by atoms with Gasteiger partial charge in [0, 0.05) is 29.6 Å². The van der Waals surface area contributed by atoms with Gasteiger partial charge in [0.05, 0.1) is 0 Å². The largest absolute Gasteiger partial charge is 0.354 e. The van der Waals surface area contributed by atoms with E-state index in [1.807, 2.05) is 31.2 Å². The third kappa shape index (κ3) is 4.55. The van der Waals surface area contributed by atoms with Crippen LogP contribution in [0.15, 0.2) is 30.3 Å². The molecule has 0 saturated carbocycles. The maximum atomic E-state index is 11.4. The van der Waals surface area contributed by atoms with Gasteiger partial charge in [-0.2, -0.15) is 4.98 Å². The Balaban J connectivity index is 2.18. The van der Waals surface area contributed by atoms with Crippen LogP contribution in [-0.2, 0) is 0 Å². The lowest BCUT2D eigenvalue weighted by Gasteiger charge is -2.11. The van der Waals surface area contributed by atoms with Gasteiger partial charge in [-0.1, -0.05) is 26.0 Å². The molecule has 0 fully saturated rings. The molecule has 0 unspecified atom stereocenters. The van der Waals surface area contributed by atoms with Crippen LogP contribution in [0, 0.1) is 12.8 Å². The van der Waals surface area contributed by atoms with Gasteiger partial charge in [-0.05, 0) is 31.9 Å². The van der Waals surface area contributed by atoms with E-state index in [2.05, 4.69) is 34.4 Å². The first-order chi connectivity index (χ1) is 10.4. The molecule has 0 aliphatic heterocycles. The van der Waals surface area contributed by atoms with Gasteiger partial charge in [0.2, 0.25) is 5.95 Å². The number of hydrogen-bond donors (Lipinski definition) is 2. The monoisotopic (exact) mass is 298 g/mol. The zero-order chi connectivity index (χ0) is 16.1. The van der Waals surface area contributed by atoms with Crippen LogP contribution < -0.4 is 10.6 Å². The minimum Gasteiger partial charge on any atom is -0.354 e. The van der Waals surface area contributed by atoms with Crippen LogP contribution in [0.2, 0.25) is 0 Å². The highest BCUT2D eigenvalue weighted by molar-refractivity contribution is 5.95. The fraction of sp³-hybridized carbons (Fsp3) is 0.353. The summed E-state index contributed by atoms with van der Waals surface area (Å²) in [6.07, 6.45) is 0. The number of Topliss-reactive ketones (excluding diaryl/α,β-unsaturated/α-hetero) is 1. The van der Waals surface area contributed by atoms with Gasteiger partial charge in [-0.3, -0.25) is 4.79 Å². The van der Waals surface area contributed by atoms with Crippen molar-refractivity contribution in [1.29, 1.82) is 0 Å². The van der Waals surface area contributed by atoms with Crippen molar-refractivity contribution < 1.29 is 4.79 Å². The molecule has 0 saturated heterocycles. The average Bonchev–Trinajstić information content (AvgIpc) is 2.45. The van der Waals surface area contributed by atoms with Crippen molar-refractivity contribution in [2.24, 2.45) is 5.92 Å². The molecule has 0 aliphatic carbocycles. The lowest BCUT2D eigenvalue weighted by molar-refractivity contribution is 0.101. The summed E-state index contributed by atoms with van der Waals surface area (Å²) >= 11 is 0. The molecule has 0 bridgehead atoms. The van der Waals surface area contributed by atoms with Gasteiger partial charge in [0.25, 0.3) is 0 Å². The molecule has 1 aromatic heterocycles. The normalized spacial score (nSPS) is 10.6. The first-order valence-electron chi connectivity index (χ1n) is 7.41. The summed E-state index contributed by atoms with van der Waals surface area (Å²) in [5.74, 6) is 1.88. The Morgan fingerprint density at radius 2 is 2.00 bits per heavy atom. The van der Waals surface area contributed by atoms with E-state index in [9.17, 15) is 4.79 Å². The van der Waals surface area contributed by atoms with Crippen molar-refractivity contribution in [2.45, 2.75) is 27.7 Å². The zero-order valence-corrected chi connectivity index (χ0v) is 13.5. The Kier molecular flexibility index (Phi) is 5.09. The number of benzene rings is 1. The van der Waals surface area contributed by atoms with Crippen LogP contribution in [0.1, 0.15) is 36.8 Å². The van der Waals surface area contributed by atoms with Crippen LogP contribution in [0.5, 0.6) is 0 Å². The highest BCUT2D eigenvalue weighted by Crippen LogP contribution is 2.18. The molecular formula is C17H22N4O. The highest BCUT2D eigenvalue weighted by Gasteiger charge is 2.05. The number of hydrogen-bond acceptors (Lipinski definition) is 5. The van der Waals surface area contributed by atoms with E-state index in [4.69, 9.17) is 0 Å². The first kappa shape index (κ1) is 15.9. The Morgan fingerprint density at radius 1 is 1.23 bits per heavy atom. The summed E-state index contributed by atoms with van der Waals surface area (Å²) in [7, 11) is 0. The molecule has 0 atom stereocenters. The summed E-state index contributed by atoms with van der Waals surface area (Å²) < 4.78 is 0. The zero-order valence-electron chi connectivity index (χ0n) is 13.5. The Hall–Kier alpha value is -2.43. The van der Waals surface area contributed by atoms with Crippen molar-refractivity contribution in [3.05, 3.63) is 41.6 Å². The number of nitrogens with one attached hydrogen (secondary N) is 2.